The van der Waals surface area contributed by atoms with Crippen molar-refractivity contribution in [2.75, 3.05) is 5.32 Å². The number of nitrogens with zero attached hydrogens (tertiary/aromatic N) is 1. The summed E-state index contributed by atoms with van der Waals surface area (Å²) in [7, 11) is 0. The molecule has 0 aliphatic carbocycles. The van der Waals surface area contributed by atoms with Crippen molar-refractivity contribution in [1.82, 2.24) is 0 Å². The van der Waals surface area contributed by atoms with Crippen LogP contribution in [0.4, 0.5) is 5.69 Å². The molecule has 5 rings (SSSR count). The van der Waals surface area contributed by atoms with E-state index in [2.05, 4.69) is 28.5 Å². The Morgan fingerprint density at radius 1 is 0.694 bits per heavy atom. The molecule has 5 aromatic carbocycles. The van der Waals surface area contributed by atoms with Crippen LogP contribution in [0.2, 0.25) is 0 Å². The van der Waals surface area contributed by atoms with E-state index >= 15 is 0 Å². The van der Waals surface area contributed by atoms with E-state index in [9.17, 15) is 9.59 Å². The Balaban J connectivity index is 1.60. The predicted molar refractivity (Wildman–Crippen MR) is 148 cm³/mol. The first kappa shape index (κ1) is 23.2. The lowest BCUT2D eigenvalue weighted by molar-refractivity contribution is -0.110. The van der Waals surface area contributed by atoms with Gasteiger partial charge < -0.3 is 5.32 Å². The number of amides is 2. The second kappa shape index (κ2) is 9.96. The summed E-state index contributed by atoms with van der Waals surface area (Å²) in [6.45, 7) is 3.95. The number of aliphatic imine (C=N–C) groups is 1. The molecule has 2 amide bonds. The molecule has 0 saturated heterocycles. The van der Waals surface area contributed by atoms with E-state index in [-0.39, 0.29) is 12.1 Å². The molecule has 0 spiro atoms. The molecule has 0 aliphatic heterocycles. The minimum atomic E-state index is -0.436. The van der Waals surface area contributed by atoms with E-state index in [1.54, 1.807) is 12.1 Å². The van der Waals surface area contributed by atoms with Crippen molar-refractivity contribution >= 4 is 44.8 Å². The molecule has 5 aromatic rings. The molecular formula is C32H26N2O2. The molecule has 0 aliphatic rings. The minimum absolute atomic E-state index is 0.169. The molecule has 36 heavy (non-hydrogen) atoms. The molecular weight excluding hydrogens is 444 g/mol. The lowest BCUT2D eigenvalue weighted by Gasteiger charge is -2.14. The van der Waals surface area contributed by atoms with E-state index in [0.29, 0.717) is 11.3 Å². The van der Waals surface area contributed by atoms with E-state index in [1.807, 2.05) is 86.6 Å². The van der Waals surface area contributed by atoms with E-state index in [4.69, 9.17) is 0 Å². The zero-order chi connectivity index (χ0) is 25.1. The Bertz CT molecular complexity index is 1560. The highest BCUT2D eigenvalue weighted by molar-refractivity contribution is 6.45. The van der Waals surface area contributed by atoms with Crippen molar-refractivity contribution in [2.45, 2.75) is 20.3 Å². The summed E-state index contributed by atoms with van der Waals surface area (Å²) in [5.41, 5.74) is 4.39. The van der Waals surface area contributed by atoms with E-state index in [0.717, 1.165) is 38.2 Å². The van der Waals surface area contributed by atoms with Crippen LogP contribution >= 0.6 is 0 Å². The van der Waals surface area contributed by atoms with Gasteiger partial charge in [-0.05, 0) is 71.3 Å². The van der Waals surface area contributed by atoms with Gasteiger partial charge in [-0.1, -0.05) is 83.9 Å². The maximum Gasteiger partial charge on any atom is 0.277 e. The second-order valence-electron chi connectivity index (χ2n) is 9.02. The van der Waals surface area contributed by atoms with Gasteiger partial charge in [-0.15, -0.1) is 0 Å². The van der Waals surface area contributed by atoms with Gasteiger partial charge in [0.2, 0.25) is 0 Å². The van der Waals surface area contributed by atoms with Crippen LogP contribution in [-0.2, 0) is 11.2 Å². The molecule has 0 unspecified atom stereocenters. The van der Waals surface area contributed by atoms with Gasteiger partial charge in [0.05, 0.1) is 0 Å². The molecule has 0 atom stereocenters. The van der Waals surface area contributed by atoms with Gasteiger partial charge >= 0.3 is 0 Å². The lowest BCUT2D eigenvalue weighted by atomic mass is 9.93. The number of hydrogen-bond acceptors (Lipinski definition) is 2. The molecule has 0 radical (unpaired) electrons. The molecule has 0 fully saturated rings. The third-order valence-electron chi connectivity index (χ3n) is 6.33. The van der Waals surface area contributed by atoms with Crippen molar-refractivity contribution in [3.63, 3.8) is 0 Å². The smallest absolute Gasteiger partial charge is 0.277 e. The van der Waals surface area contributed by atoms with E-state index < -0.39 is 11.8 Å². The lowest BCUT2D eigenvalue weighted by Crippen LogP contribution is -2.26. The van der Waals surface area contributed by atoms with Crippen LogP contribution < -0.4 is 5.32 Å². The summed E-state index contributed by atoms with van der Waals surface area (Å²) in [5, 5.41) is 7.16. The fraction of sp³-hybridized carbons (Fsp3) is 0.0938. The Labute approximate surface area is 210 Å². The van der Waals surface area contributed by atoms with Gasteiger partial charge in [0.25, 0.3) is 11.8 Å². The van der Waals surface area contributed by atoms with Crippen molar-refractivity contribution in [1.29, 1.82) is 0 Å². The molecule has 1 N–H and O–H groups in total. The predicted octanol–water partition coefficient (Wildman–Crippen LogP) is 7.07. The van der Waals surface area contributed by atoms with Gasteiger partial charge in [-0.3, -0.25) is 9.59 Å². The summed E-state index contributed by atoms with van der Waals surface area (Å²) in [4.78, 5) is 31.0. The number of fused-ring (bicyclic) bond motifs is 2. The Morgan fingerprint density at radius 3 is 1.81 bits per heavy atom. The zero-order valence-electron chi connectivity index (χ0n) is 20.3. The molecule has 176 valence electrons. The summed E-state index contributed by atoms with van der Waals surface area (Å²) >= 11 is 0. The fourth-order valence-electron chi connectivity index (χ4n) is 4.36. The number of benzene rings is 5. The van der Waals surface area contributed by atoms with Crippen molar-refractivity contribution in [3.8, 4) is 0 Å². The van der Waals surface area contributed by atoms with Crippen LogP contribution in [0.3, 0.4) is 0 Å². The van der Waals surface area contributed by atoms with Gasteiger partial charge in [-0.25, -0.2) is 4.99 Å². The van der Waals surface area contributed by atoms with Crippen molar-refractivity contribution in [3.05, 3.63) is 125 Å². The monoisotopic (exact) mass is 470 g/mol. The number of anilines is 1. The molecule has 0 bridgehead atoms. The Morgan fingerprint density at radius 2 is 1.22 bits per heavy atom. The van der Waals surface area contributed by atoms with Crippen LogP contribution in [0.5, 0.6) is 0 Å². The van der Waals surface area contributed by atoms with E-state index in [1.165, 1.54) is 0 Å². The number of aryl methyl sites for hydroxylation is 2. The SMILES string of the molecule is Cc1ccc(NC(=O)C(Cc2c3ccccc3cc3ccccc23)=NC(=O)c2ccc(C)cc2)cc1. The molecule has 0 aromatic heterocycles. The normalized spacial score (nSPS) is 11.6. The highest BCUT2D eigenvalue weighted by Crippen LogP contribution is 2.29. The molecule has 0 heterocycles. The molecule has 4 heteroatoms. The van der Waals surface area contributed by atoms with Crippen LogP contribution in [-0.4, -0.2) is 17.5 Å². The number of carbonyl (C=O) groups is 2. The van der Waals surface area contributed by atoms with Gasteiger partial charge in [0.1, 0.15) is 5.71 Å². The maximum atomic E-state index is 13.5. The number of nitrogens with one attached hydrogen (secondary N) is 1. The summed E-state index contributed by atoms with van der Waals surface area (Å²) in [6, 6.07) is 33.1. The molecule has 0 saturated carbocycles. The van der Waals surface area contributed by atoms with Crippen molar-refractivity contribution in [2.24, 2.45) is 4.99 Å². The topological polar surface area (TPSA) is 58.5 Å². The third kappa shape index (κ3) is 4.93. The largest absolute Gasteiger partial charge is 0.321 e. The highest BCUT2D eigenvalue weighted by atomic mass is 16.2. The Kier molecular flexibility index (Phi) is 6.42. The maximum absolute atomic E-state index is 13.5. The standard InChI is InChI=1S/C32H26N2O2/c1-21-11-15-23(16-12-21)31(35)34-30(32(36)33-26-17-13-22(2)14-18-26)20-29-27-9-5-3-7-24(27)19-25-8-4-6-10-28(25)29/h3-19H,20H2,1-2H3,(H,33,36). The van der Waals surface area contributed by atoms with Crippen LogP contribution in [0.1, 0.15) is 27.0 Å². The fourth-order valence-corrected chi connectivity index (χ4v) is 4.36. The quantitative estimate of drug-likeness (QED) is 0.221. The first-order valence-corrected chi connectivity index (χ1v) is 11.9. The summed E-state index contributed by atoms with van der Waals surface area (Å²) in [5.74, 6) is -0.829. The van der Waals surface area contributed by atoms with Crippen LogP contribution in [0.25, 0.3) is 21.5 Å². The summed E-state index contributed by atoms with van der Waals surface area (Å²) < 4.78 is 0. The number of carbonyl (C=O) groups excluding carboxylic acids is 2. The van der Waals surface area contributed by atoms with Crippen LogP contribution in [0.15, 0.2) is 108 Å². The molecule has 4 nitrogen and oxygen atoms in total. The zero-order valence-corrected chi connectivity index (χ0v) is 20.3. The second-order valence-corrected chi connectivity index (χ2v) is 9.02. The van der Waals surface area contributed by atoms with Crippen LogP contribution in [0, 0.1) is 13.8 Å². The summed E-state index contributed by atoms with van der Waals surface area (Å²) in [6.07, 6.45) is 0.219. The average Bonchev–Trinajstić information content (AvgIpc) is 2.89. The van der Waals surface area contributed by atoms with Gasteiger partial charge in [0, 0.05) is 17.7 Å². The number of rotatable bonds is 5. The van der Waals surface area contributed by atoms with Gasteiger partial charge in [0.15, 0.2) is 0 Å². The first-order valence-electron chi connectivity index (χ1n) is 11.9. The number of hydrogen-bond donors (Lipinski definition) is 1. The van der Waals surface area contributed by atoms with Gasteiger partial charge in [-0.2, -0.15) is 0 Å². The third-order valence-corrected chi connectivity index (χ3v) is 6.33. The Hall–Kier alpha value is -4.57. The first-order chi connectivity index (χ1) is 17.5. The van der Waals surface area contributed by atoms with Crippen molar-refractivity contribution < 1.29 is 9.59 Å². The highest BCUT2D eigenvalue weighted by Gasteiger charge is 2.19. The minimum Gasteiger partial charge on any atom is -0.321 e. The average molecular weight is 471 g/mol.